The topological polar surface area (TPSA) is 92.1 Å². The Morgan fingerprint density at radius 3 is 2.53 bits per heavy atom. The van der Waals surface area contributed by atoms with Gasteiger partial charge in [0.25, 0.3) is 0 Å². The van der Waals surface area contributed by atoms with Crippen molar-refractivity contribution >= 4 is 23.3 Å². The molecule has 7 nitrogen and oxygen atoms in total. The first-order valence-electron chi connectivity index (χ1n) is 14.3. The van der Waals surface area contributed by atoms with Crippen molar-refractivity contribution in [3.05, 3.63) is 35.4 Å². The number of carbonyl (C=O) groups excluding carboxylic acids is 2. The fourth-order valence-corrected chi connectivity index (χ4v) is 6.70. The molecule has 1 aromatic carbocycles. The lowest BCUT2D eigenvalue weighted by Crippen LogP contribution is -2.55. The summed E-state index contributed by atoms with van der Waals surface area (Å²) < 4.78 is 10.9. The first-order valence-corrected chi connectivity index (χ1v) is 14.3. The fraction of sp³-hybridized carbons (Fsp3) is 0.677. The van der Waals surface area contributed by atoms with Gasteiger partial charge in [0.1, 0.15) is 11.4 Å². The van der Waals surface area contributed by atoms with Crippen LogP contribution in [-0.2, 0) is 20.9 Å². The van der Waals surface area contributed by atoms with Crippen LogP contribution in [0.5, 0.6) is 0 Å². The molecule has 1 aliphatic carbocycles. The van der Waals surface area contributed by atoms with Crippen LogP contribution in [0.15, 0.2) is 29.3 Å². The minimum Gasteiger partial charge on any atom is -0.444 e. The quantitative estimate of drug-likeness (QED) is 0.469. The van der Waals surface area contributed by atoms with Crippen LogP contribution in [0.1, 0.15) is 83.8 Å². The van der Waals surface area contributed by atoms with Crippen LogP contribution >= 0.6 is 0 Å². The number of piperidine rings is 1. The Hall–Kier alpha value is -2.54. The summed E-state index contributed by atoms with van der Waals surface area (Å²) in [5.74, 6) is -0.0576. The third-order valence-electron chi connectivity index (χ3n) is 8.36. The Balaban J connectivity index is 1.48. The summed E-state index contributed by atoms with van der Waals surface area (Å²) in [4.78, 5) is 33.0. The molecule has 7 heteroatoms. The van der Waals surface area contributed by atoms with Crippen molar-refractivity contribution in [2.75, 3.05) is 26.7 Å². The zero-order valence-electron chi connectivity index (χ0n) is 23.8. The number of Topliss-reactive ketones (excluding diaryl/α,β-unsaturated/α-hetero) is 1. The molecule has 1 N–H and O–H groups in total. The van der Waals surface area contributed by atoms with Crippen molar-refractivity contribution in [3.8, 4) is 0 Å². The Labute approximate surface area is 227 Å². The second kappa shape index (κ2) is 11.7. The van der Waals surface area contributed by atoms with Crippen LogP contribution in [0.2, 0.25) is 0 Å². The van der Waals surface area contributed by atoms with Crippen molar-refractivity contribution in [2.24, 2.45) is 28.2 Å². The van der Waals surface area contributed by atoms with Gasteiger partial charge in [-0.1, -0.05) is 31.2 Å². The first kappa shape index (κ1) is 28.5. The summed E-state index contributed by atoms with van der Waals surface area (Å²) in [5.41, 5.74) is 2.90. The molecule has 0 bridgehead atoms. The number of nitrogens with one attached hydrogen (secondary N) is 1. The van der Waals surface area contributed by atoms with Gasteiger partial charge in [0, 0.05) is 44.8 Å². The maximum atomic E-state index is 13.4. The molecule has 2 aliphatic heterocycles. The second-order valence-corrected chi connectivity index (χ2v) is 12.6. The van der Waals surface area contributed by atoms with Crippen LogP contribution in [0, 0.1) is 28.6 Å². The molecule has 4 rings (SSSR count). The van der Waals surface area contributed by atoms with Crippen molar-refractivity contribution in [2.45, 2.75) is 84.8 Å². The third kappa shape index (κ3) is 6.36. The lowest BCUT2D eigenvalue weighted by atomic mass is 9.54. The fourth-order valence-electron chi connectivity index (χ4n) is 6.70. The molecular weight excluding hydrogens is 478 g/mol. The SMILES string of the molecule is CCCC(=O)C1C(=N)C(C2CC3(CCCN(C(=O)OC(C)(C)C)C3)C2)CCN=C1c1ccc(COC)cc1. The molecule has 1 amide bonds. The van der Waals surface area contributed by atoms with Gasteiger partial charge in [-0.25, -0.2) is 4.79 Å². The summed E-state index contributed by atoms with van der Waals surface area (Å²) in [6.07, 6.45) is 5.89. The number of carbonyl (C=O) groups is 2. The Morgan fingerprint density at radius 1 is 1.18 bits per heavy atom. The van der Waals surface area contributed by atoms with Gasteiger partial charge >= 0.3 is 6.09 Å². The number of aliphatic imine (C=N–C) groups is 1. The van der Waals surface area contributed by atoms with Gasteiger partial charge in [0.15, 0.2) is 0 Å². The Morgan fingerprint density at radius 2 is 1.89 bits per heavy atom. The number of amides is 1. The van der Waals surface area contributed by atoms with Gasteiger partial charge in [0.2, 0.25) is 0 Å². The van der Waals surface area contributed by atoms with Crippen molar-refractivity contribution < 1.29 is 19.1 Å². The predicted octanol–water partition coefficient (Wildman–Crippen LogP) is 6.07. The number of hydrogen-bond acceptors (Lipinski definition) is 6. The monoisotopic (exact) mass is 523 g/mol. The molecule has 0 radical (unpaired) electrons. The molecule has 0 aromatic heterocycles. The number of likely N-dealkylation sites (tertiary alicyclic amines) is 1. The minimum atomic E-state index is -0.572. The van der Waals surface area contributed by atoms with Gasteiger partial charge in [0.05, 0.1) is 18.2 Å². The number of hydrogen-bond donors (Lipinski definition) is 1. The van der Waals surface area contributed by atoms with E-state index in [1.807, 2.05) is 56.9 Å². The maximum Gasteiger partial charge on any atom is 0.410 e. The average Bonchev–Trinajstić information content (AvgIpc) is 3.01. The summed E-state index contributed by atoms with van der Waals surface area (Å²) in [6, 6.07) is 8.06. The number of ether oxygens (including phenoxy) is 2. The second-order valence-electron chi connectivity index (χ2n) is 12.6. The first-order chi connectivity index (χ1) is 18.1. The minimum absolute atomic E-state index is 0.0531. The van der Waals surface area contributed by atoms with Gasteiger partial charge in [-0.2, -0.15) is 0 Å². The van der Waals surface area contributed by atoms with E-state index in [1.54, 1.807) is 7.11 Å². The van der Waals surface area contributed by atoms with Crippen LogP contribution in [-0.4, -0.2) is 60.5 Å². The van der Waals surface area contributed by atoms with E-state index in [2.05, 4.69) is 0 Å². The molecule has 1 saturated heterocycles. The Kier molecular flexibility index (Phi) is 8.75. The van der Waals surface area contributed by atoms with Crippen LogP contribution in [0.4, 0.5) is 4.79 Å². The molecule has 38 heavy (non-hydrogen) atoms. The molecule has 1 aromatic rings. The summed E-state index contributed by atoms with van der Waals surface area (Å²) in [7, 11) is 1.68. The van der Waals surface area contributed by atoms with E-state index >= 15 is 0 Å². The molecule has 208 valence electrons. The average molecular weight is 524 g/mol. The van der Waals surface area contributed by atoms with Gasteiger partial charge in [-0.3, -0.25) is 9.79 Å². The lowest BCUT2D eigenvalue weighted by molar-refractivity contribution is -0.119. The highest BCUT2D eigenvalue weighted by molar-refractivity contribution is 6.27. The van der Waals surface area contributed by atoms with Crippen molar-refractivity contribution in [1.82, 2.24) is 4.90 Å². The number of ketones is 1. The number of benzene rings is 1. The molecule has 1 spiro atoms. The van der Waals surface area contributed by atoms with Gasteiger partial charge < -0.3 is 19.8 Å². The summed E-state index contributed by atoms with van der Waals surface area (Å²) >= 11 is 0. The van der Waals surface area contributed by atoms with Crippen LogP contribution in [0.25, 0.3) is 0 Å². The predicted molar refractivity (Wildman–Crippen MR) is 150 cm³/mol. The van der Waals surface area contributed by atoms with Crippen molar-refractivity contribution in [3.63, 3.8) is 0 Å². The zero-order valence-corrected chi connectivity index (χ0v) is 23.8. The standard InChI is InChI=1S/C31H45N3O4/c1-6-8-25(35)26-27(32)24(13-15-33-28(26)22-11-9-21(10-12-22)19-37-5)23-17-31(18-23)14-7-16-34(20-31)29(36)38-30(2,3)4/h9-12,23-24,26,32H,6-8,13-20H2,1-5H3. The highest BCUT2D eigenvalue weighted by atomic mass is 16.6. The van der Waals surface area contributed by atoms with E-state index in [-0.39, 0.29) is 23.2 Å². The molecule has 2 unspecified atom stereocenters. The molecule has 2 atom stereocenters. The molecule has 3 aliphatic rings. The number of rotatable bonds is 7. The number of nitrogens with zero attached hydrogens (tertiary/aromatic N) is 2. The molecular formula is C31H45N3O4. The number of methoxy groups -OCH3 is 1. The molecule has 2 fully saturated rings. The third-order valence-corrected chi connectivity index (χ3v) is 8.36. The van der Waals surface area contributed by atoms with Crippen LogP contribution in [0.3, 0.4) is 0 Å². The summed E-state index contributed by atoms with van der Waals surface area (Å²) in [6.45, 7) is 10.4. The highest BCUT2D eigenvalue weighted by Gasteiger charge is 2.52. The molecule has 2 heterocycles. The van der Waals surface area contributed by atoms with E-state index in [9.17, 15) is 15.0 Å². The largest absolute Gasteiger partial charge is 0.444 e. The summed E-state index contributed by atoms with van der Waals surface area (Å²) in [5, 5.41) is 9.31. The normalized spacial score (nSPS) is 27.9. The lowest BCUT2D eigenvalue weighted by Gasteiger charge is -2.55. The van der Waals surface area contributed by atoms with Crippen molar-refractivity contribution in [1.29, 1.82) is 5.41 Å². The van der Waals surface area contributed by atoms with E-state index in [1.165, 1.54) is 0 Å². The maximum absolute atomic E-state index is 13.4. The highest BCUT2D eigenvalue weighted by Crippen LogP contribution is 2.55. The van der Waals surface area contributed by atoms with Gasteiger partial charge in [-0.05, 0) is 81.8 Å². The van der Waals surface area contributed by atoms with E-state index in [0.717, 1.165) is 68.5 Å². The smallest absolute Gasteiger partial charge is 0.410 e. The van der Waals surface area contributed by atoms with Crippen LogP contribution < -0.4 is 0 Å². The van der Waals surface area contributed by atoms with E-state index < -0.39 is 11.5 Å². The Bertz CT molecular complexity index is 1050. The van der Waals surface area contributed by atoms with Gasteiger partial charge in [-0.15, -0.1) is 0 Å². The zero-order chi connectivity index (χ0) is 27.5. The van der Waals surface area contributed by atoms with E-state index in [4.69, 9.17) is 14.5 Å². The molecule has 1 saturated carbocycles. The van der Waals surface area contributed by atoms with E-state index in [0.29, 0.717) is 31.2 Å².